The quantitative estimate of drug-likeness (QED) is 0.119. The van der Waals surface area contributed by atoms with Crippen LogP contribution >= 0.6 is 23.2 Å². The normalized spacial score (nSPS) is 12.4. The highest BCUT2D eigenvalue weighted by molar-refractivity contribution is 6.31. The number of nitrogens with one attached hydrogen (secondary N) is 2. The summed E-state index contributed by atoms with van der Waals surface area (Å²) < 4.78 is 0. The van der Waals surface area contributed by atoms with Crippen LogP contribution in [0.3, 0.4) is 0 Å². The molecular formula is C48H38Cl2N6. The molecule has 0 aromatic heterocycles. The fourth-order valence-corrected chi connectivity index (χ4v) is 5.91. The van der Waals surface area contributed by atoms with Gasteiger partial charge in [-0.2, -0.15) is 0 Å². The first-order valence-electron chi connectivity index (χ1n) is 18.1. The molecule has 0 saturated carbocycles. The molecule has 0 aliphatic heterocycles. The van der Waals surface area contributed by atoms with Crippen molar-refractivity contribution in [2.75, 3.05) is 10.6 Å². The Balaban J connectivity index is 1.39. The Labute approximate surface area is 337 Å². The summed E-state index contributed by atoms with van der Waals surface area (Å²) in [6.07, 6.45) is 0. The van der Waals surface area contributed by atoms with Gasteiger partial charge in [-0.05, 0) is 92.7 Å². The van der Waals surface area contributed by atoms with Crippen LogP contribution in [0.25, 0.3) is 0 Å². The molecule has 7 aromatic carbocycles. The van der Waals surface area contributed by atoms with Gasteiger partial charge in [0.15, 0.2) is 11.7 Å². The third-order valence-corrected chi connectivity index (χ3v) is 9.16. The molecule has 7 rings (SSSR count). The lowest BCUT2D eigenvalue weighted by Crippen LogP contribution is -2.17. The second-order valence-electron chi connectivity index (χ2n) is 13.0. The molecule has 0 radical (unpaired) electrons. The van der Waals surface area contributed by atoms with E-state index in [4.69, 9.17) is 43.2 Å². The molecular weight excluding hydrogens is 731 g/mol. The van der Waals surface area contributed by atoms with Crippen molar-refractivity contribution in [1.82, 2.24) is 0 Å². The van der Waals surface area contributed by atoms with Gasteiger partial charge in [-0.25, -0.2) is 20.0 Å². The molecule has 0 fully saturated rings. The molecule has 0 aliphatic rings. The summed E-state index contributed by atoms with van der Waals surface area (Å²) in [5, 5.41) is 8.34. The van der Waals surface area contributed by atoms with Gasteiger partial charge >= 0.3 is 0 Å². The molecule has 7 aromatic rings. The molecule has 0 aliphatic carbocycles. The first kappa shape index (κ1) is 37.7. The van der Waals surface area contributed by atoms with Crippen molar-refractivity contribution >= 4 is 69.3 Å². The van der Waals surface area contributed by atoms with E-state index in [2.05, 4.69) is 48.7 Å². The van der Waals surface area contributed by atoms with E-state index in [0.717, 1.165) is 33.6 Å². The lowest BCUT2D eigenvalue weighted by molar-refractivity contribution is 1.40. The fourth-order valence-electron chi connectivity index (χ4n) is 5.66. The smallest absolute Gasteiger partial charge is 0.162 e. The highest BCUT2D eigenvalue weighted by atomic mass is 35.5. The topological polar surface area (TPSA) is 73.5 Å². The van der Waals surface area contributed by atoms with Crippen molar-refractivity contribution in [1.29, 1.82) is 0 Å². The van der Waals surface area contributed by atoms with Crippen LogP contribution in [0.5, 0.6) is 0 Å². The molecule has 0 saturated heterocycles. The Morgan fingerprint density at radius 2 is 0.750 bits per heavy atom. The van der Waals surface area contributed by atoms with E-state index in [9.17, 15) is 0 Å². The van der Waals surface area contributed by atoms with Crippen LogP contribution in [0.15, 0.2) is 202 Å². The maximum atomic E-state index is 6.28. The zero-order valence-corrected chi connectivity index (χ0v) is 32.4. The number of aliphatic imine (C=N–C) groups is 4. The Kier molecular flexibility index (Phi) is 12.2. The number of hydrogen-bond acceptors (Lipinski definition) is 2. The molecule has 274 valence electrons. The number of anilines is 2. The lowest BCUT2D eigenvalue weighted by Gasteiger charge is -2.14. The van der Waals surface area contributed by atoms with Gasteiger partial charge in [0.2, 0.25) is 0 Å². The summed E-state index contributed by atoms with van der Waals surface area (Å²) in [6.45, 7) is 4.13. The average Bonchev–Trinajstić information content (AvgIpc) is 3.23. The van der Waals surface area contributed by atoms with Crippen molar-refractivity contribution in [2.45, 2.75) is 13.8 Å². The average molecular weight is 770 g/mol. The third-order valence-electron chi connectivity index (χ3n) is 8.66. The number of nitrogens with zero attached hydrogens (tertiary/aromatic N) is 4. The molecule has 0 bridgehead atoms. The number of halogens is 2. The second-order valence-corrected chi connectivity index (χ2v) is 13.9. The SMILES string of the molecule is Cc1ccc(NC(=NC(=Nc2ccc(Cl)cc2)c2cccc(C(=Nc3ccc(Cl)cc3)N=C(Nc3ccc(C)cc3)c3ccccc3)c2)c2ccccc2)cc1. The van der Waals surface area contributed by atoms with E-state index in [1.54, 1.807) is 0 Å². The summed E-state index contributed by atoms with van der Waals surface area (Å²) in [6, 6.07) is 59.2. The van der Waals surface area contributed by atoms with Gasteiger partial charge in [0.1, 0.15) is 11.7 Å². The lowest BCUT2D eigenvalue weighted by atomic mass is 10.1. The summed E-state index contributed by atoms with van der Waals surface area (Å²) in [4.78, 5) is 20.6. The maximum Gasteiger partial charge on any atom is 0.162 e. The number of benzene rings is 7. The van der Waals surface area contributed by atoms with Crippen molar-refractivity contribution in [3.05, 3.63) is 225 Å². The van der Waals surface area contributed by atoms with Crippen LogP contribution in [-0.4, -0.2) is 23.3 Å². The van der Waals surface area contributed by atoms with Gasteiger partial charge in [0.05, 0.1) is 11.4 Å². The van der Waals surface area contributed by atoms with E-state index in [1.807, 2.05) is 158 Å². The minimum Gasteiger partial charge on any atom is -0.340 e. The van der Waals surface area contributed by atoms with E-state index < -0.39 is 0 Å². The summed E-state index contributed by atoms with van der Waals surface area (Å²) in [5.41, 5.74) is 8.84. The maximum absolute atomic E-state index is 6.28. The molecule has 0 unspecified atom stereocenters. The van der Waals surface area contributed by atoms with Crippen LogP contribution in [0, 0.1) is 13.8 Å². The Morgan fingerprint density at radius 1 is 0.393 bits per heavy atom. The van der Waals surface area contributed by atoms with Crippen LogP contribution in [-0.2, 0) is 0 Å². The van der Waals surface area contributed by atoms with Gasteiger partial charge in [-0.15, -0.1) is 0 Å². The predicted molar refractivity (Wildman–Crippen MR) is 237 cm³/mol. The highest BCUT2D eigenvalue weighted by Crippen LogP contribution is 2.23. The molecule has 56 heavy (non-hydrogen) atoms. The monoisotopic (exact) mass is 768 g/mol. The van der Waals surface area contributed by atoms with Gasteiger partial charge < -0.3 is 10.6 Å². The first-order valence-corrected chi connectivity index (χ1v) is 18.9. The van der Waals surface area contributed by atoms with Crippen molar-refractivity contribution in [2.24, 2.45) is 20.0 Å². The van der Waals surface area contributed by atoms with Crippen LogP contribution in [0.1, 0.15) is 33.4 Å². The standard InChI is InChI=1S/C48H38Cl2N6/c1-33-16-24-41(25-17-33)51-45(35-10-5-3-6-11-35)55-47(53-43-28-20-39(49)21-29-43)37-14-9-15-38(32-37)48(54-44-30-22-40(50)23-31-44)56-46(36-12-7-4-8-13-36)52-42-26-18-34(2)19-27-42/h3-32H,1-2H3,(H,51,53,55)(H,52,54,56). The van der Waals surface area contributed by atoms with E-state index in [-0.39, 0.29) is 0 Å². The van der Waals surface area contributed by atoms with E-state index in [0.29, 0.717) is 44.8 Å². The van der Waals surface area contributed by atoms with Crippen LogP contribution < -0.4 is 10.6 Å². The zero-order valence-electron chi connectivity index (χ0n) is 30.9. The van der Waals surface area contributed by atoms with Crippen LogP contribution in [0.4, 0.5) is 22.7 Å². The predicted octanol–water partition coefficient (Wildman–Crippen LogP) is 12.9. The zero-order chi connectivity index (χ0) is 38.7. The highest BCUT2D eigenvalue weighted by Gasteiger charge is 2.14. The molecule has 0 amide bonds. The number of hydrogen-bond donors (Lipinski definition) is 2. The largest absolute Gasteiger partial charge is 0.340 e. The minimum atomic E-state index is 0.475. The van der Waals surface area contributed by atoms with Crippen molar-refractivity contribution in [3.63, 3.8) is 0 Å². The third kappa shape index (κ3) is 10.3. The van der Waals surface area contributed by atoms with Crippen molar-refractivity contribution in [3.8, 4) is 0 Å². The molecule has 0 heterocycles. The summed E-state index contributed by atoms with van der Waals surface area (Å²) in [5.74, 6) is 2.22. The molecule has 6 nitrogen and oxygen atoms in total. The fraction of sp³-hybridized carbons (Fsp3) is 0.0417. The van der Waals surface area contributed by atoms with E-state index in [1.165, 1.54) is 11.1 Å². The van der Waals surface area contributed by atoms with Gasteiger partial charge in [0, 0.05) is 43.7 Å². The molecule has 2 N–H and O–H groups in total. The molecule has 8 heteroatoms. The molecule has 0 atom stereocenters. The first-order chi connectivity index (χ1) is 27.3. The van der Waals surface area contributed by atoms with Gasteiger partial charge in [-0.1, -0.05) is 137 Å². The Hall–Kier alpha value is -6.60. The van der Waals surface area contributed by atoms with E-state index >= 15 is 0 Å². The van der Waals surface area contributed by atoms with Gasteiger partial charge in [0.25, 0.3) is 0 Å². The summed E-state index contributed by atoms with van der Waals surface area (Å²) in [7, 11) is 0. The summed E-state index contributed by atoms with van der Waals surface area (Å²) >= 11 is 12.6. The van der Waals surface area contributed by atoms with Crippen LogP contribution in [0.2, 0.25) is 10.0 Å². The van der Waals surface area contributed by atoms with Crippen molar-refractivity contribution < 1.29 is 0 Å². The Morgan fingerprint density at radius 3 is 1.12 bits per heavy atom. The number of amidine groups is 4. The second kappa shape index (κ2) is 18.2. The molecule has 0 spiro atoms. The number of aryl methyl sites for hydroxylation is 2. The number of rotatable bonds is 8. The van der Waals surface area contributed by atoms with Gasteiger partial charge in [-0.3, -0.25) is 0 Å². The minimum absolute atomic E-state index is 0.475. The Bertz CT molecular complexity index is 2330.